The van der Waals surface area contributed by atoms with Crippen LogP contribution in [0.2, 0.25) is 10.0 Å². The molecule has 5 heteroatoms. The third kappa shape index (κ3) is 2.77. The first-order valence-electron chi connectivity index (χ1n) is 8.34. The van der Waals surface area contributed by atoms with Crippen LogP contribution in [0.1, 0.15) is 16.8 Å². The van der Waals surface area contributed by atoms with E-state index in [1.54, 1.807) is 0 Å². The second-order valence-corrected chi connectivity index (χ2v) is 7.25. The Labute approximate surface area is 162 Å². The van der Waals surface area contributed by atoms with Gasteiger partial charge in [0.05, 0.1) is 21.8 Å². The highest BCUT2D eigenvalue weighted by molar-refractivity contribution is 6.33. The molecule has 0 unspecified atom stereocenters. The molecule has 4 aromatic rings. The Balaban J connectivity index is 2.07. The van der Waals surface area contributed by atoms with Gasteiger partial charge in [0.25, 0.3) is 0 Å². The number of benzene rings is 2. The van der Waals surface area contributed by atoms with Crippen LogP contribution in [0, 0.1) is 20.8 Å². The Morgan fingerprint density at radius 2 is 1.50 bits per heavy atom. The summed E-state index contributed by atoms with van der Waals surface area (Å²) in [5, 5.41) is 7.22. The zero-order chi connectivity index (χ0) is 18.4. The summed E-state index contributed by atoms with van der Waals surface area (Å²) in [6.45, 7) is 6.00. The zero-order valence-corrected chi connectivity index (χ0v) is 16.2. The van der Waals surface area contributed by atoms with Crippen LogP contribution in [-0.4, -0.2) is 14.8 Å². The van der Waals surface area contributed by atoms with E-state index in [0.717, 1.165) is 39.2 Å². The van der Waals surface area contributed by atoms with Crippen molar-refractivity contribution in [3.05, 3.63) is 75.4 Å². The monoisotopic (exact) mass is 381 g/mol. The molecule has 0 saturated heterocycles. The first-order chi connectivity index (χ1) is 12.5. The summed E-state index contributed by atoms with van der Waals surface area (Å²) in [6.07, 6.45) is 0. The minimum atomic E-state index is 0.677. The van der Waals surface area contributed by atoms with E-state index in [-0.39, 0.29) is 0 Å². The topological polar surface area (TPSA) is 30.7 Å². The van der Waals surface area contributed by atoms with Crippen molar-refractivity contribution in [2.45, 2.75) is 20.8 Å². The van der Waals surface area contributed by atoms with Gasteiger partial charge in [-0.25, -0.2) is 9.67 Å². The van der Waals surface area contributed by atoms with E-state index in [2.05, 4.69) is 19.1 Å². The lowest BCUT2D eigenvalue weighted by Gasteiger charge is -2.07. The lowest BCUT2D eigenvalue weighted by Crippen LogP contribution is -1.99. The number of nitrogens with zero attached hydrogens (tertiary/aromatic N) is 3. The molecule has 0 atom stereocenters. The van der Waals surface area contributed by atoms with Crippen LogP contribution in [0.25, 0.3) is 28.0 Å². The van der Waals surface area contributed by atoms with Gasteiger partial charge in [0.2, 0.25) is 0 Å². The Morgan fingerprint density at radius 3 is 2.15 bits per heavy atom. The van der Waals surface area contributed by atoms with Crippen LogP contribution < -0.4 is 0 Å². The molecule has 2 aromatic heterocycles. The van der Waals surface area contributed by atoms with Crippen LogP contribution in [0.15, 0.2) is 48.5 Å². The molecule has 4 rings (SSSR count). The highest BCUT2D eigenvalue weighted by atomic mass is 35.5. The van der Waals surface area contributed by atoms with Crippen molar-refractivity contribution in [1.82, 2.24) is 14.8 Å². The predicted molar refractivity (Wildman–Crippen MR) is 109 cm³/mol. The molecule has 130 valence electrons. The average Bonchev–Trinajstić information content (AvgIpc) is 3.00. The van der Waals surface area contributed by atoms with Gasteiger partial charge < -0.3 is 0 Å². The van der Waals surface area contributed by atoms with Gasteiger partial charge in [0, 0.05) is 10.6 Å². The highest BCUT2D eigenvalue weighted by Crippen LogP contribution is 2.35. The fourth-order valence-corrected chi connectivity index (χ4v) is 3.39. The third-order valence-electron chi connectivity index (χ3n) is 4.55. The molecular formula is C21H17Cl2N3. The second-order valence-electron chi connectivity index (χ2n) is 6.44. The molecule has 0 aliphatic heterocycles. The maximum Gasteiger partial charge on any atom is 0.164 e. The molecule has 0 saturated carbocycles. The van der Waals surface area contributed by atoms with Gasteiger partial charge in [-0.3, -0.25) is 0 Å². The van der Waals surface area contributed by atoms with E-state index in [4.69, 9.17) is 33.3 Å². The van der Waals surface area contributed by atoms with Crippen molar-refractivity contribution in [3.63, 3.8) is 0 Å². The Kier molecular flexibility index (Phi) is 4.22. The molecule has 0 bridgehead atoms. The highest BCUT2D eigenvalue weighted by Gasteiger charge is 2.20. The van der Waals surface area contributed by atoms with Crippen LogP contribution >= 0.6 is 23.2 Å². The first-order valence-corrected chi connectivity index (χ1v) is 9.09. The van der Waals surface area contributed by atoms with E-state index in [9.17, 15) is 0 Å². The zero-order valence-electron chi connectivity index (χ0n) is 14.7. The van der Waals surface area contributed by atoms with Gasteiger partial charge in [0.1, 0.15) is 5.69 Å². The Bertz CT molecular complexity index is 1110. The number of aromatic nitrogens is 3. The van der Waals surface area contributed by atoms with E-state index in [1.165, 1.54) is 5.56 Å². The summed E-state index contributed by atoms with van der Waals surface area (Å²) in [5.41, 5.74) is 6.59. The molecule has 0 fully saturated rings. The van der Waals surface area contributed by atoms with Crippen molar-refractivity contribution in [3.8, 4) is 16.9 Å². The molecule has 3 nitrogen and oxygen atoms in total. The van der Waals surface area contributed by atoms with Crippen LogP contribution in [0.4, 0.5) is 0 Å². The molecule has 0 aliphatic carbocycles. The molecule has 2 heterocycles. The van der Waals surface area contributed by atoms with Gasteiger partial charge in [-0.05, 0) is 50.6 Å². The lowest BCUT2D eigenvalue weighted by atomic mass is 10.1. The maximum absolute atomic E-state index is 6.50. The van der Waals surface area contributed by atoms with E-state index in [1.807, 2.05) is 54.9 Å². The molecule has 2 aromatic carbocycles. The van der Waals surface area contributed by atoms with E-state index >= 15 is 0 Å². The maximum atomic E-state index is 6.50. The fraction of sp³-hybridized carbons (Fsp3) is 0.143. The molecule has 26 heavy (non-hydrogen) atoms. The largest absolute Gasteiger partial charge is 0.232 e. The summed E-state index contributed by atoms with van der Waals surface area (Å²) in [7, 11) is 0. The standard InChI is InChI=1S/C21H17Cl2N3/c1-12-4-10-17(11-5-12)26-21-18(13(2)19(23)14(3)24-21)20(25-26)15-6-8-16(22)9-7-15/h4-11H,1-3H3. The smallest absolute Gasteiger partial charge is 0.164 e. The number of hydrogen-bond donors (Lipinski definition) is 0. The van der Waals surface area contributed by atoms with Crippen molar-refractivity contribution in [2.75, 3.05) is 0 Å². The molecule has 0 amide bonds. The minimum Gasteiger partial charge on any atom is -0.232 e. The summed E-state index contributed by atoms with van der Waals surface area (Å²) in [6, 6.07) is 15.9. The van der Waals surface area contributed by atoms with Gasteiger partial charge in [-0.1, -0.05) is 53.0 Å². The van der Waals surface area contributed by atoms with Crippen LogP contribution in [0.5, 0.6) is 0 Å². The molecule has 0 radical (unpaired) electrons. The summed E-state index contributed by atoms with van der Waals surface area (Å²) in [5.74, 6) is 0. The lowest BCUT2D eigenvalue weighted by molar-refractivity contribution is 0.897. The number of fused-ring (bicyclic) bond motifs is 1. The normalized spacial score (nSPS) is 11.3. The number of pyridine rings is 1. The Hall–Kier alpha value is -2.36. The third-order valence-corrected chi connectivity index (χ3v) is 5.36. The van der Waals surface area contributed by atoms with Gasteiger partial charge in [-0.15, -0.1) is 0 Å². The van der Waals surface area contributed by atoms with Gasteiger partial charge in [0.15, 0.2) is 5.65 Å². The average molecular weight is 382 g/mol. The molecule has 0 aliphatic rings. The Morgan fingerprint density at radius 1 is 0.846 bits per heavy atom. The van der Waals surface area contributed by atoms with Crippen molar-refractivity contribution < 1.29 is 0 Å². The van der Waals surface area contributed by atoms with Gasteiger partial charge >= 0.3 is 0 Å². The van der Waals surface area contributed by atoms with E-state index in [0.29, 0.717) is 10.0 Å². The van der Waals surface area contributed by atoms with Crippen molar-refractivity contribution in [2.24, 2.45) is 0 Å². The van der Waals surface area contributed by atoms with Crippen molar-refractivity contribution >= 4 is 34.2 Å². The van der Waals surface area contributed by atoms with Gasteiger partial charge in [-0.2, -0.15) is 5.10 Å². The fourth-order valence-electron chi connectivity index (χ4n) is 3.12. The number of hydrogen-bond acceptors (Lipinski definition) is 2. The number of rotatable bonds is 2. The molecule has 0 spiro atoms. The second kappa shape index (κ2) is 6.42. The SMILES string of the molecule is Cc1ccc(-n2nc(-c3ccc(Cl)cc3)c3c(C)c(Cl)c(C)nc32)cc1. The molecular weight excluding hydrogens is 365 g/mol. The summed E-state index contributed by atoms with van der Waals surface area (Å²) < 4.78 is 1.88. The first kappa shape index (κ1) is 17.1. The summed E-state index contributed by atoms with van der Waals surface area (Å²) >= 11 is 12.5. The van der Waals surface area contributed by atoms with E-state index < -0.39 is 0 Å². The number of halogens is 2. The summed E-state index contributed by atoms with van der Waals surface area (Å²) in [4.78, 5) is 4.74. The number of aryl methyl sites for hydroxylation is 3. The quantitative estimate of drug-likeness (QED) is 0.406. The van der Waals surface area contributed by atoms with Crippen molar-refractivity contribution in [1.29, 1.82) is 0 Å². The van der Waals surface area contributed by atoms with Crippen LogP contribution in [-0.2, 0) is 0 Å². The predicted octanol–water partition coefficient (Wildman–Crippen LogP) is 6.32. The van der Waals surface area contributed by atoms with Crippen LogP contribution in [0.3, 0.4) is 0 Å². The minimum absolute atomic E-state index is 0.677. The molecule has 0 N–H and O–H groups in total.